The summed E-state index contributed by atoms with van der Waals surface area (Å²) >= 11 is 6.32. The van der Waals surface area contributed by atoms with Gasteiger partial charge >= 0.3 is 5.97 Å². The van der Waals surface area contributed by atoms with Gasteiger partial charge in [0, 0.05) is 10.6 Å². The Labute approximate surface area is 224 Å². The third-order valence-electron chi connectivity index (χ3n) is 7.36. The first-order chi connectivity index (χ1) is 18.2. The van der Waals surface area contributed by atoms with Gasteiger partial charge in [-0.2, -0.15) is 13.1 Å². The van der Waals surface area contributed by atoms with E-state index in [1.54, 1.807) is 12.1 Å². The van der Waals surface area contributed by atoms with Crippen LogP contribution in [0.1, 0.15) is 36.8 Å². The fourth-order valence-electron chi connectivity index (χ4n) is 4.90. The molecule has 8 nitrogen and oxygen atoms in total. The molecule has 3 aromatic carbocycles. The molecule has 194 valence electrons. The maximum atomic E-state index is 13.0. The van der Waals surface area contributed by atoms with E-state index in [9.17, 15) is 18.3 Å². The Balaban J connectivity index is 1.19. The summed E-state index contributed by atoms with van der Waals surface area (Å²) in [6.45, 7) is 0. The average Bonchev–Trinajstić information content (AvgIpc) is 3.82. The average molecular weight is 550 g/mol. The summed E-state index contributed by atoms with van der Waals surface area (Å²) in [7, 11) is -3.96. The third-order valence-corrected chi connectivity index (χ3v) is 8.84. The molecule has 38 heavy (non-hydrogen) atoms. The normalized spacial score (nSPS) is 17.1. The standard InChI is InChI=1S/C28H24ClN3O5S/c29-23-4-2-1-3-22(23)28(15-16-28)32-38(35,36)31-24-17-30-37-25(24)20-7-5-18(6-8-20)19-9-11-21(12-10-19)27(13-14-27)26(33)34/h1-12,17,31-32H,13-16H2,(H,33,34). The minimum absolute atomic E-state index is 0.216. The smallest absolute Gasteiger partial charge is 0.314 e. The lowest BCUT2D eigenvalue weighted by atomic mass is 9.93. The topological polar surface area (TPSA) is 122 Å². The minimum atomic E-state index is -3.96. The number of halogens is 1. The molecule has 2 aliphatic rings. The Bertz CT molecular complexity index is 1620. The molecule has 4 aromatic rings. The number of hydrogen-bond acceptors (Lipinski definition) is 5. The number of carboxylic acid groups (broad SMARTS) is 1. The van der Waals surface area contributed by atoms with Gasteiger partial charge in [-0.25, -0.2) is 0 Å². The van der Waals surface area contributed by atoms with Crippen LogP contribution in [0.2, 0.25) is 5.02 Å². The van der Waals surface area contributed by atoms with Gasteiger partial charge in [-0.1, -0.05) is 83.5 Å². The quantitative estimate of drug-likeness (QED) is 0.246. The van der Waals surface area contributed by atoms with Crippen molar-refractivity contribution in [2.75, 3.05) is 4.72 Å². The van der Waals surface area contributed by atoms with Crippen LogP contribution in [0.25, 0.3) is 22.5 Å². The van der Waals surface area contributed by atoms with E-state index in [0.29, 0.717) is 36.3 Å². The highest BCUT2D eigenvalue weighted by Gasteiger charge is 2.51. The second-order valence-electron chi connectivity index (χ2n) is 9.88. The van der Waals surface area contributed by atoms with Crippen LogP contribution in [0.5, 0.6) is 0 Å². The molecule has 0 amide bonds. The van der Waals surface area contributed by atoms with Crippen molar-refractivity contribution in [3.05, 3.63) is 95.1 Å². The van der Waals surface area contributed by atoms with Gasteiger partial charge in [-0.05, 0) is 54.0 Å². The maximum Gasteiger partial charge on any atom is 0.314 e. The van der Waals surface area contributed by atoms with E-state index in [2.05, 4.69) is 14.6 Å². The number of anilines is 1. The fraction of sp³-hybridized carbons (Fsp3) is 0.214. The highest BCUT2D eigenvalue weighted by atomic mass is 35.5. The Hall–Kier alpha value is -3.66. The van der Waals surface area contributed by atoms with Crippen molar-refractivity contribution in [2.45, 2.75) is 36.6 Å². The van der Waals surface area contributed by atoms with Gasteiger partial charge < -0.3 is 9.63 Å². The van der Waals surface area contributed by atoms with Crippen LogP contribution >= 0.6 is 11.6 Å². The Morgan fingerprint density at radius 1 is 0.895 bits per heavy atom. The van der Waals surface area contributed by atoms with Crippen LogP contribution in [0, 0.1) is 0 Å². The van der Waals surface area contributed by atoms with Crippen molar-refractivity contribution in [1.29, 1.82) is 0 Å². The lowest BCUT2D eigenvalue weighted by Gasteiger charge is -2.19. The van der Waals surface area contributed by atoms with E-state index in [1.807, 2.05) is 60.7 Å². The highest BCUT2D eigenvalue weighted by Crippen LogP contribution is 2.49. The van der Waals surface area contributed by atoms with Gasteiger partial charge in [-0.3, -0.25) is 9.52 Å². The van der Waals surface area contributed by atoms with Crippen LogP contribution in [0.3, 0.4) is 0 Å². The molecule has 0 unspecified atom stereocenters. The first kappa shape index (κ1) is 24.7. The predicted molar refractivity (Wildman–Crippen MR) is 144 cm³/mol. The molecule has 0 spiro atoms. The number of nitrogens with one attached hydrogen (secondary N) is 2. The minimum Gasteiger partial charge on any atom is -0.481 e. The van der Waals surface area contributed by atoms with Gasteiger partial charge in [0.25, 0.3) is 10.2 Å². The molecular formula is C28H24ClN3O5S. The third kappa shape index (κ3) is 4.47. The Morgan fingerprint density at radius 2 is 1.50 bits per heavy atom. The second-order valence-corrected chi connectivity index (χ2v) is 11.7. The first-order valence-corrected chi connectivity index (χ1v) is 14.0. The molecule has 0 bridgehead atoms. The Kier molecular flexibility index (Phi) is 5.82. The summed E-state index contributed by atoms with van der Waals surface area (Å²) in [5, 5.41) is 13.8. The highest BCUT2D eigenvalue weighted by molar-refractivity contribution is 7.90. The first-order valence-electron chi connectivity index (χ1n) is 12.2. The molecule has 2 fully saturated rings. The van der Waals surface area contributed by atoms with Crippen LogP contribution in [-0.4, -0.2) is 24.7 Å². The molecule has 2 saturated carbocycles. The summed E-state index contributed by atoms with van der Waals surface area (Å²) < 4.78 is 36.8. The van der Waals surface area contributed by atoms with Crippen molar-refractivity contribution in [3.8, 4) is 22.5 Å². The van der Waals surface area contributed by atoms with Crippen LogP contribution < -0.4 is 9.44 Å². The molecule has 0 aliphatic heterocycles. The summed E-state index contributed by atoms with van der Waals surface area (Å²) in [4.78, 5) is 11.6. The molecular weight excluding hydrogens is 526 g/mol. The van der Waals surface area contributed by atoms with E-state index >= 15 is 0 Å². The van der Waals surface area contributed by atoms with Gasteiger partial charge in [-0.15, -0.1) is 0 Å². The van der Waals surface area contributed by atoms with Crippen molar-refractivity contribution in [2.24, 2.45) is 0 Å². The molecule has 0 radical (unpaired) electrons. The number of aliphatic carboxylic acids is 1. The molecule has 0 saturated heterocycles. The van der Waals surface area contributed by atoms with E-state index in [4.69, 9.17) is 16.1 Å². The molecule has 10 heteroatoms. The molecule has 1 heterocycles. The zero-order chi connectivity index (χ0) is 26.5. The lowest BCUT2D eigenvalue weighted by molar-refractivity contribution is -0.140. The predicted octanol–water partition coefficient (Wildman–Crippen LogP) is 5.71. The second kappa shape index (κ2) is 8.97. The van der Waals surface area contributed by atoms with Gasteiger partial charge in [0.15, 0.2) is 5.76 Å². The number of rotatable bonds is 9. The fourth-order valence-corrected chi connectivity index (χ4v) is 6.53. The van der Waals surface area contributed by atoms with Crippen LogP contribution in [0.4, 0.5) is 5.69 Å². The summed E-state index contributed by atoms with van der Waals surface area (Å²) in [6.07, 6.45) is 3.94. The van der Waals surface area contributed by atoms with E-state index in [0.717, 1.165) is 22.3 Å². The van der Waals surface area contributed by atoms with Gasteiger partial charge in [0.1, 0.15) is 5.69 Å². The zero-order valence-corrected chi connectivity index (χ0v) is 21.7. The van der Waals surface area contributed by atoms with Crippen LogP contribution in [-0.2, 0) is 26.0 Å². The van der Waals surface area contributed by atoms with Gasteiger partial charge in [0.2, 0.25) is 0 Å². The summed E-state index contributed by atoms with van der Waals surface area (Å²) in [5.41, 5.74) is 2.83. The van der Waals surface area contributed by atoms with E-state index in [1.165, 1.54) is 6.20 Å². The number of benzene rings is 3. The van der Waals surface area contributed by atoms with Crippen molar-refractivity contribution >= 4 is 33.5 Å². The molecule has 6 rings (SSSR count). The lowest BCUT2D eigenvalue weighted by Crippen LogP contribution is -2.39. The summed E-state index contributed by atoms with van der Waals surface area (Å²) in [5.74, 6) is -0.489. The number of carbonyl (C=O) groups is 1. The molecule has 1 aromatic heterocycles. The molecule has 0 atom stereocenters. The van der Waals surface area contributed by atoms with Gasteiger partial charge in [0.05, 0.1) is 17.2 Å². The van der Waals surface area contributed by atoms with Crippen molar-refractivity contribution in [3.63, 3.8) is 0 Å². The number of nitrogens with zero attached hydrogens (tertiary/aromatic N) is 1. The number of carboxylic acids is 1. The maximum absolute atomic E-state index is 13.0. The van der Waals surface area contributed by atoms with Crippen molar-refractivity contribution < 1.29 is 22.8 Å². The SMILES string of the molecule is O=C(O)C1(c2ccc(-c3ccc(-c4oncc4NS(=O)(=O)NC4(c5ccccc5Cl)CC4)cc3)cc2)CC1. The Morgan fingerprint density at radius 3 is 2.08 bits per heavy atom. The largest absolute Gasteiger partial charge is 0.481 e. The molecule has 3 N–H and O–H groups in total. The monoisotopic (exact) mass is 549 g/mol. The summed E-state index contributed by atoms with van der Waals surface area (Å²) in [6, 6.07) is 22.2. The van der Waals surface area contributed by atoms with E-state index < -0.39 is 27.1 Å². The van der Waals surface area contributed by atoms with Crippen molar-refractivity contribution in [1.82, 2.24) is 9.88 Å². The number of hydrogen-bond donors (Lipinski definition) is 3. The zero-order valence-electron chi connectivity index (χ0n) is 20.1. The molecule has 2 aliphatic carbocycles. The van der Waals surface area contributed by atoms with Crippen LogP contribution in [0.15, 0.2) is 83.5 Å². The van der Waals surface area contributed by atoms with E-state index in [-0.39, 0.29) is 11.4 Å². The number of aromatic nitrogens is 1.